The Balaban J connectivity index is 2.16. The fourth-order valence-corrected chi connectivity index (χ4v) is 3.72. The van der Waals surface area contributed by atoms with Crippen molar-refractivity contribution < 1.29 is 9.18 Å². The van der Waals surface area contributed by atoms with E-state index in [4.69, 9.17) is 11.6 Å². The van der Waals surface area contributed by atoms with Gasteiger partial charge >= 0.3 is 0 Å². The van der Waals surface area contributed by atoms with Crippen LogP contribution in [0.2, 0.25) is 5.02 Å². The Kier molecular flexibility index (Phi) is 5.08. The smallest absolute Gasteiger partial charge is 0.254 e. The van der Waals surface area contributed by atoms with Gasteiger partial charge in [0.15, 0.2) is 0 Å². The second-order valence-electron chi connectivity index (χ2n) is 5.69. The van der Waals surface area contributed by atoms with Gasteiger partial charge in [-0.3, -0.25) is 4.79 Å². The van der Waals surface area contributed by atoms with Crippen LogP contribution in [0.15, 0.2) is 18.2 Å². The molecule has 0 spiro atoms. The van der Waals surface area contributed by atoms with Gasteiger partial charge in [0.25, 0.3) is 5.91 Å². The molecule has 1 aliphatic carbocycles. The van der Waals surface area contributed by atoms with E-state index >= 15 is 0 Å². The molecular formula is C15H18BrClFNO. The molecule has 20 heavy (non-hydrogen) atoms. The highest BCUT2D eigenvalue weighted by molar-refractivity contribution is 9.09. The van der Waals surface area contributed by atoms with Gasteiger partial charge in [-0.1, -0.05) is 47.3 Å². The maximum Gasteiger partial charge on any atom is 0.254 e. The molecule has 1 aliphatic rings. The van der Waals surface area contributed by atoms with Crippen molar-refractivity contribution in [1.82, 2.24) is 5.32 Å². The van der Waals surface area contributed by atoms with Crippen LogP contribution in [0.5, 0.6) is 0 Å². The molecule has 0 radical (unpaired) electrons. The molecule has 110 valence electrons. The first-order valence-electron chi connectivity index (χ1n) is 6.79. The zero-order valence-electron chi connectivity index (χ0n) is 11.4. The molecule has 1 aromatic carbocycles. The van der Waals surface area contributed by atoms with Crippen LogP contribution in [0.1, 0.15) is 43.0 Å². The average Bonchev–Trinajstić information content (AvgIpc) is 2.38. The summed E-state index contributed by atoms with van der Waals surface area (Å²) in [5, 5.41) is 4.00. The van der Waals surface area contributed by atoms with Gasteiger partial charge in [0, 0.05) is 10.4 Å². The van der Waals surface area contributed by atoms with Gasteiger partial charge < -0.3 is 5.32 Å². The van der Waals surface area contributed by atoms with Gasteiger partial charge in [-0.15, -0.1) is 0 Å². The second-order valence-corrected chi connectivity index (χ2v) is 6.69. The molecule has 1 N–H and O–H groups in total. The largest absolute Gasteiger partial charge is 0.346 e. The molecule has 2 nitrogen and oxygen atoms in total. The van der Waals surface area contributed by atoms with Crippen LogP contribution in [0.4, 0.5) is 4.39 Å². The summed E-state index contributed by atoms with van der Waals surface area (Å²) in [4.78, 5) is 12.3. The number of benzene rings is 1. The molecule has 0 bridgehead atoms. The quantitative estimate of drug-likeness (QED) is 0.785. The number of hydrogen-bond donors (Lipinski definition) is 1. The first kappa shape index (κ1) is 15.8. The third-order valence-corrected chi connectivity index (χ3v) is 5.21. The Morgan fingerprint density at radius 2 is 2.35 bits per heavy atom. The number of carbonyl (C=O) groups excluding carboxylic acids is 1. The molecule has 2 rings (SSSR count). The van der Waals surface area contributed by atoms with E-state index in [1.54, 1.807) is 0 Å². The van der Waals surface area contributed by atoms with E-state index < -0.39 is 5.82 Å². The molecule has 2 atom stereocenters. The van der Waals surface area contributed by atoms with Crippen molar-refractivity contribution in [3.63, 3.8) is 0 Å². The van der Waals surface area contributed by atoms with E-state index in [1.165, 1.54) is 24.6 Å². The van der Waals surface area contributed by atoms with Gasteiger partial charge in [0.05, 0.1) is 11.1 Å². The summed E-state index contributed by atoms with van der Waals surface area (Å²) in [6.07, 6.45) is 4.10. The van der Waals surface area contributed by atoms with Crippen LogP contribution >= 0.6 is 27.5 Å². The van der Waals surface area contributed by atoms with Crippen LogP contribution in [-0.2, 0) is 0 Å². The van der Waals surface area contributed by atoms with Crippen molar-refractivity contribution in [2.24, 2.45) is 5.92 Å². The van der Waals surface area contributed by atoms with Crippen molar-refractivity contribution in [2.75, 3.05) is 5.33 Å². The number of halogens is 3. The molecule has 1 amide bonds. The van der Waals surface area contributed by atoms with E-state index in [9.17, 15) is 9.18 Å². The van der Waals surface area contributed by atoms with Crippen LogP contribution < -0.4 is 5.32 Å². The summed E-state index contributed by atoms with van der Waals surface area (Å²) in [6, 6.07) is 4.13. The van der Waals surface area contributed by atoms with Gasteiger partial charge in [-0.05, 0) is 37.0 Å². The number of hydrogen-bond acceptors (Lipinski definition) is 1. The predicted octanol–water partition coefficient (Wildman–Crippen LogP) is 4.55. The highest BCUT2D eigenvalue weighted by Crippen LogP contribution is 2.34. The van der Waals surface area contributed by atoms with E-state index in [2.05, 4.69) is 28.2 Å². The molecule has 1 fully saturated rings. The zero-order valence-corrected chi connectivity index (χ0v) is 13.7. The maximum atomic E-state index is 13.8. The van der Waals surface area contributed by atoms with Crippen LogP contribution in [0, 0.1) is 11.7 Å². The zero-order chi connectivity index (χ0) is 14.8. The van der Waals surface area contributed by atoms with Crippen molar-refractivity contribution in [1.29, 1.82) is 0 Å². The van der Waals surface area contributed by atoms with Crippen molar-refractivity contribution >= 4 is 33.4 Å². The van der Waals surface area contributed by atoms with Crippen molar-refractivity contribution in [3.05, 3.63) is 34.6 Å². The molecule has 0 saturated heterocycles. The topological polar surface area (TPSA) is 29.1 Å². The summed E-state index contributed by atoms with van der Waals surface area (Å²) in [5.41, 5.74) is -0.228. The van der Waals surface area contributed by atoms with Gasteiger partial charge in [-0.25, -0.2) is 4.39 Å². The van der Waals surface area contributed by atoms with Gasteiger partial charge in [0.2, 0.25) is 0 Å². The lowest BCUT2D eigenvalue weighted by Crippen LogP contribution is -2.52. The lowest BCUT2D eigenvalue weighted by Gasteiger charge is -2.39. The normalized spacial score (nSPS) is 26.3. The lowest BCUT2D eigenvalue weighted by molar-refractivity contribution is 0.0865. The maximum absolute atomic E-state index is 13.8. The number of alkyl halides is 1. The monoisotopic (exact) mass is 361 g/mol. The minimum atomic E-state index is -0.580. The minimum absolute atomic E-state index is 0.0490. The average molecular weight is 363 g/mol. The SMILES string of the molecule is CC1CCCC(CBr)(NC(=O)c2ccc(Cl)cc2F)C1. The molecular weight excluding hydrogens is 345 g/mol. The molecule has 2 unspecified atom stereocenters. The van der Waals surface area contributed by atoms with Gasteiger partial charge in [-0.2, -0.15) is 0 Å². The Labute approximate surface area is 132 Å². The summed E-state index contributed by atoms with van der Waals surface area (Å²) in [5.74, 6) is -0.382. The number of rotatable bonds is 3. The molecule has 1 saturated carbocycles. The molecule has 0 aliphatic heterocycles. The fourth-order valence-electron chi connectivity index (χ4n) is 2.91. The van der Waals surface area contributed by atoms with E-state index in [1.807, 2.05) is 0 Å². The lowest BCUT2D eigenvalue weighted by atomic mass is 9.77. The second kappa shape index (κ2) is 6.44. The molecule has 5 heteroatoms. The van der Waals surface area contributed by atoms with E-state index in [-0.39, 0.29) is 17.0 Å². The fraction of sp³-hybridized carbons (Fsp3) is 0.533. The summed E-state index contributed by atoms with van der Waals surface area (Å²) < 4.78 is 13.8. The van der Waals surface area contributed by atoms with Crippen LogP contribution in [0.25, 0.3) is 0 Å². The van der Waals surface area contributed by atoms with Crippen LogP contribution in [0.3, 0.4) is 0 Å². The number of amides is 1. The Morgan fingerprint density at radius 1 is 1.60 bits per heavy atom. The first-order chi connectivity index (χ1) is 9.46. The Hall–Kier alpha value is -0.610. The molecule has 0 heterocycles. The highest BCUT2D eigenvalue weighted by atomic mass is 79.9. The first-order valence-corrected chi connectivity index (χ1v) is 8.29. The third kappa shape index (κ3) is 3.53. The molecule has 0 aromatic heterocycles. The Bertz CT molecular complexity index is 511. The summed E-state index contributed by atoms with van der Waals surface area (Å²) in [6.45, 7) is 2.19. The van der Waals surface area contributed by atoms with Crippen molar-refractivity contribution in [2.45, 2.75) is 38.1 Å². The highest BCUT2D eigenvalue weighted by Gasteiger charge is 2.35. The van der Waals surface area contributed by atoms with Gasteiger partial charge in [0.1, 0.15) is 5.82 Å². The number of carbonyl (C=O) groups is 1. The van der Waals surface area contributed by atoms with E-state index in [0.717, 1.165) is 19.3 Å². The summed E-state index contributed by atoms with van der Waals surface area (Å²) >= 11 is 9.21. The van der Waals surface area contributed by atoms with Crippen LogP contribution in [-0.4, -0.2) is 16.8 Å². The van der Waals surface area contributed by atoms with Crippen molar-refractivity contribution in [3.8, 4) is 0 Å². The predicted molar refractivity (Wildman–Crippen MR) is 83.0 cm³/mol. The third-order valence-electron chi connectivity index (χ3n) is 3.90. The number of nitrogens with one attached hydrogen (secondary N) is 1. The Morgan fingerprint density at radius 3 is 2.95 bits per heavy atom. The minimum Gasteiger partial charge on any atom is -0.346 e. The molecule has 1 aromatic rings. The van der Waals surface area contributed by atoms with E-state index in [0.29, 0.717) is 16.3 Å². The standard InChI is InChI=1S/C15H18BrClFNO/c1-10-3-2-6-15(8-10,9-16)19-14(20)12-5-4-11(17)7-13(12)18/h4-5,7,10H,2-3,6,8-9H2,1H3,(H,19,20). The summed E-state index contributed by atoms with van der Waals surface area (Å²) in [7, 11) is 0.